The molecule has 0 atom stereocenters. The highest BCUT2D eigenvalue weighted by Gasteiger charge is 2.07. The smallest absolute Gasteiger partial charge is 0.230 e. The molecule has 0 bridgehead atoms. The molecule has 4 nitrogen and oxygen atoms in total. The van der Waals surface area contributed by atoms with E-state index in [1.54, 1.807) is 11.8 Å². The third-order valence-corrected chi connectivity index (χ3v) is 4.91. The number of rotatable bonds is 6. The van der Waals surface area contributed by atoms with Crippen LogP contribution in [0.3, 0.4) is 0 Å². The molecule has 0 spiro atoms. The van der Waals surface area contributed by atoms with Gasteiger partial charge in [0, 0.05) is 18.0 Å². The quantitative estimate of drug-likeness (QED) is 0.699. The largest absolute Gasteiger partial charge is 0.354 e. The maximum Gasteiger partial charge on any atom is 0.230 e. The minimum absolute atomic E-state index is 0.0580. The van der Waals surface area contributed by atoms with Crippen molar-refractivity contribution in [1.29, 1.82) is 0 Å². The van der Waals surface area contributed by atoms with Crippen LogP contribution >= 0.6 is 11.8 Å². The average molecular weight is 339 g/mol. The maximum atomic E-state index is 12.0. The molecule has 0 aliphatic rings. The van der Waals surface area contributed by atoms with Gasteiger partial charge in [0.05, 0.1) is 16.8 Å². The Hall–Kier alpha value is -2.27. The van der Waals surface area contributed by atoms with E-state index in [0.717, 1.165) is 28.3 Å². The van der Waals surface area contributed by atoms with Gasteiger partial charge >= 0.3 is 0 Å². The van der Waals surface area contributed by atoms with Crippen molar-refractivity contribution in [2.75, 3.05) is 12.3 Å². The van der Waals surface area contributed by atoms with Crippen LogP contribution in [0.1, 0.15) is 11.4 Å². The summed E-state index contributed by atoms with van der Waals surface area (Å²) >= 11 is 1.56. The van der Waals surface area contributed by atoms with Crippen LogP contribution in [-0.2, 0) is 11.3 Å². The number of para-hydroxylation sites is 2. The van der Waals surface area contributed by atoms with Gasteiger partial charge in [0.25, 0.3) is 0 Å². The third kappa shape index (κ3) is 3.97. The summed E-state index contributed by atoms with van der Waals surface area (Å²) in [6.07, 6.45) is 0. The fraction of sp³-hybridized carbons (Fsp3) is 0.263. The van der Waals surface area contributed by atoms with E-state index in [1.807, 2.05) is 37.3 Å². The van der Waals surface area contributed by atoms with Crippen molar-refractivity contribution in [3.63, 3.8) is 0 Å². The highest BCUT2D eigenvalue weighted by atomic mass is 32.2. The molecular weight excluding hydrogens is 318 g/mol. The average Bonchev–Trinajstić information content (AvgIpc) is 2.90. The van der Waals surface area contributed by atoms with E-state index < -0.39 is 0 Å². The highest BCUT2D eigenvalue weighted by molar-refractivity contribution is 8.00. The maximum absolute atomic E-state index is 12.0. The topological polar surface area (TPSA) is 46.9 Å². The van der Waals surface area contributed by atoms with Gasteiger partial charge in [0.2, 0.25) is 5.91 Å². The van der Waals surface area contributed by atoms with Crippen molar-refractivity contribution in [2.45, 2.75) is 25.3 Å². The molecule has 0 aliphatic carbocycles. The fourth-order valence-electron chi connectivity index (χ4n) is 2.62. The van der Waals surface area contributed by atoms with Gasteiger partial charge in [-0.2, -0.15) is 0 Å². The van der Waals surface area contributed by atoms with Crippen LogP contribution in [0.2, 0.25) is 0 Å². The van der Waals surface area contributed by atoms with E-state index in [0.29, 0.717) is 12.3 Å². The molecule has 24 heavy (non-hydrogen) atoms. The van der Waals surface area contributed by atoms with E-state index in [1.165, 1.54) is 5.56 Å². The van der Waals surface area contributed by atoms with Gasteiger partial charge in [-0.3, -0.25) is 4.79 Å². The van der Waals surface area contributed by atoms with E-state index in [4.69, 9.17) is 0 Å². The standard InChI is InChI=1S/C19H21N3OS/c1-14-7-9-16(10-8-14)24-13-19(23)20-11-12-22-15(2)21-17-5-3-4-6-18(17)22/h3-10H,11-13H2,1-2H3,(H,20,23). The molecule has 1 aromatic heterocycles. The molecule has 0 aliphatic heterocycles. The molecule has 1 heterocycles. The number of thioether (sulfide) groups is 1. The molecule has 0 unspecified atom stereocenters. The second kappa shape index (κ2) is 7.53. The normalized spacial score (nSPS) is 10.9. The van der Waals surface area contributed by atoms with Crippen molar-refractivity contribution < 1.29 is 4.79 Å². The van der Waals surface area contributed by atoms with Crippen molar-refractivity contribution in [1.82, 2.24) is 14.9 Å². The first-order valence-corrected chi connectivity index (χ1v) is 9.00. The summed E-state index contributed by atoms with van der Waals surface area (Å²) in [6.45, 7) is 5.39. The van der Waals surface area contributed by atoms with Gasteiger partial charge in [-0.15, -0.1) is 11.8 Å². The molecule has 0 fully saturated rings. The van der Waals surface area contributed by atoms with Crippen molar-refractivity contribution >= 4 is 28.7 Å². The molecule has 0 saturated carbocycles. The number of carbonyl (C=O) groups is 1. The minimum Gasteiger partial charge on any atom is -0.354 e. The number of aryl methyl sites for hydroxylation is 2. The number of benzene rings is 2. The number of aromatic nitrogens is 2. The number of fused-ring (bicyclic) bond motifs is 1. The predicted octanol–water partition coefficient (Wildman–Crippen LogP) is 3.56. The molecule has 5 heteroatoms. The Labute approximate surface area is 146 Å². The van der Waals surface area contributed by atoms with E-state index in [9.17, 15) is 4.79 Å². The summed E-state index contributed by atoms with van der Waals surface area (Å²) < 4.78 is 2.14. The SMILES string of the molecule is Cc1ccc(SCC(=O)NCCn2c(C)nc3ccccc32)cc1. The number of imidazole rings is 1. The Bertz CT molecular complexity index is 839. The van der Waals surface area contributed by atoms with Crippen molar-refractivity contribution in [3.05, 3.63) is 59.9 Å². The molecule has 1 amide bonds. The zero-order valence-electron chi connectivity index (χ0n) is 14.0. The third-order valence-electron chi connectivity index (χ3n) is 3.89. The second-order valence-electron chi connectivity index (χ2n) is 5.75. The van der Waals surface area contributed by atoms with Gasteiger partial charge in [0.1, 0.15) is 5.82 Å². The van der Waals surface area contributed by atoms with Gasteiger partial charge in [-0.05, 0) is 38.1 Å². The molecule has 3 rings (SSSR count). The zero-order chi connectivity index (χ0) is 16.9. The Morgan fingerprint density at radius 1 is 1.12 bits per heavy atom. The summed E-state index contributed by atoms with van der Waals surface area (Å²) in [5.74, 6) is 1.47. The van der Waals surface area contributed by atoms with Crippen LogP contribution in [0.25, 0.3) is 11.0 Å². The first kappa shape index (κ1) is 16.6. The lowest BCUT2D eigenvalue weighted by molar-refractivity contribution is -0.118. The number of hydrogen-bond acceptors (Lipinski definition) is 3. The Morgan fingerprint density at radius 2 is 1.88 bits per heavy atom. The number of nitrogens with one attached hydrogen (secondary N) is 1. The van der Waals surface area contributed by atoms with Crippen LogP contribution in [0.4, 0.5) is 0 Å². The Morgan fingerprint density at radius 3 is 2.67 bits per heavy atom. The van der Waals surface area contributed by atoms with E-state index in [-0.39, 0.29) is 5.91 Å². The summed E-state index contributed by atoms with van der Waals surface area (Å²) in [6, 6.07) is 16.3. The van der Waals surface area contributed by atoms with E-state index >= 15 is 0 Å². The monoisotopic (exact) mass is 339 g/mol. The number of nitrogens with zero attached hydrogens (tertiary/aromatic N) is 2. The minimum atomic E-state index is 0.0580. The summed E-state index contributed by atoms with van der Waals surface area (Å²) in [4.78, 5) is 17.7. The van der Waals surface area contributed by atoms with Crippen LogP contribution in [0, 0.1) is 13.8 Å². The van der Waals surface area contributed by atoms with Crippen LogP contribution in [0.5, 0.6) is 0 Å². The van der Waals surface area contributed by atoms with Crippen molar-refractivity contribution in [3.8, 4) is 0 Å². The molecule has 0 radical (unpaired) electrons. The second-order valence-corrected chi connectivity index (χ2v) is 6.80. The molecular formula is C19H21N3OS. The summed E-state index contributed by atoms with van der Waals surface area (Å²) in [7, 11) is 0. The van der Waals surface area contributed by atoms with Gasteiger partial charge in [-0.1, -0.05) is 29.8 Å². The lowest BCUT2D eigenvalue weighted by Crippen LogP contribution is -2.28. The molecule has 1 N–H and O–H groups in total. The first-order chi connectivity index (χ1) is 11.6. The molecule has 124 valence electrons. The summed E-state index contributed by atoms with van der Waals surface area (Å²) in [5.41, 5.74) is 3.33. The first-order valence-electron chi connectivity index (χ1n) is 8.01. The van der Waals surface area contributed by atoms with Gasteiger partial charge in [-0.25, -0.2) is 4.98 Å². The molecule has 3 aromatic rings. The van der Waals surface area contributed by atoms with Crippen molar-refractivity contribution in [2.24, 2.45) is 0 Å². The lowest BCUT2D eigenvalue weighted by atomic mass is 10.2. The van der Waals surface area contributed by atoms with Gasteiger partial charge < -0.3 is 9.88 Å². The highest BCUT2D eigenvalue weighted by Crippen LogP contribution is 2.18. The Kier molecular flexibility index (Phi) is 5.20. The number of carbonyl (C=O) groups excluding carboxylic acids is 1. The zero-order valence-corrected chi connectivity index (χ0v) is 14.8. The van der Waals surface area contributed by atoms with Crippen LogP contribution in [0.15, 0.2) is 53.4 Å². The number of hydrogen-bond donors (Lipinski definition) is 1. The molecule has 2 aromatic carbocycles. The van der Waals surface area contributed by atoms with Gasteiger partial charge in [0.15, 0.2) is 0 Å². The Balaban J connectivity index is 1.49. The fourth-order valence-corrected chi connectivity index (χ4v) is 3.35. The predicted molar refractivity (Wildman–Crippen MR) is 99.4 cm³/mol. The summed E-state index contributed by atoms with van der Waals surface area (Å²) in [5, 5.41) is 2.99. The van der Waals surface area contributed by atoms with Crippen LogP contribution < -0.4 is 5.32 Å². The lowest BCUT2D eigenvalue weighted by Gasteiger charge is -2.09. The van der Waals surface area contributed by atoms with E-state index in [2.05, 4.69) is 40.0 Å². The number of amides is 1. The van der Waals surface area contributed by atoms with Crippen LogP contribution in [-0.4, -0.2) is 27.8 Å². The molecule has 0 saturated heterocycles.